The number of anilines is 2. The lowest BCUT2D eigenvalue weighted by Crippen LogP contribution is -2.01. The highest BCUT2D eigenvalue weighted by Crippen LogP contribution is 2.09. The highest BCUT2D eigenvalue weighted by molar-refractivity contribution is 5.42. The zero-order chi connectivity index (χ0) is 11.4. The van der Waals surface area contributed by atoms with Crippen LogP contribution in [0.4, 0.5) is 11.5 Å². The monoisotopic (exact) mass is 213 g/mol. The number of benzene rings is 1. The van der Waals surface area contributed by atoms with E-state index in [1.807, 2.05) is 36.4 Å². The summed E-state index contributed by atoms with van der Waals surface area (Å²) in [5.41, 5.74) is 8.81. The summed E-state index contributed by atoms with van der Waals surface area (Å²) >= 11 is 0. The van der Waals surface area contributed by atoms with Gasteiger partial charge in [0.05, 0.1) is 0 Å². The van der Waals surface area contributed by atoms with Gasteiger partial charge in [0.1, 0.15) is 5.82 Å². The molecule has 0 amide bonds. The molecule has 0 unspecified atom stereocenters. The summed E-state index contributed by atoms with van der Waals surface area (Å²) in [7, 11) is 0. The Labute approximate surface area is 95.3 Å². The predicted octanol–water partition coefficient (Wildman–Crippen LogP) is 2.58. The number of nitrogens with zero attached hydrogens (tertiary/aromatic N) is 1. The van der Waals surface area contributed by atoms with Gasteiger partial charge in [-0.3, -0.25) is 0 Å². The molecule has 0 atom stereocenters. The van der Waals surface area contributed by atoms with Gasteiger partial charge in [-0.15, -0.1) is 0 Å². The number of pyridine rings is 1. The molecule has 0 fully saturated rings. The summed E-state index contributed by atoms with van der Waals surface area (Å²) in [6, 6.07) is 11.8. The van der Waals surface area contributed by atoms with Crippen molar-refractivity contribution in [3.63, 3.8) is 0 Å². The van der Waals surface area contributed by atoms with Crippen molar-refractivity contribution < 1.29 is 0 Å². The molecule has 0 saturated heterocycles. The van der Waals surface area contributed by atoms with Crippen molar-refractivity contribution in [1.82, 2.24) is 4.98 Å². The summed E-state index contributed by atoms with van der Waals surface area (Å²) in [6.07, 6.45) is 1.81. The second-order valence-corrected chi connectivity index (χ2v) is 3.81. The van der Waals surface area contributed by atoms with E-state index in [4.69, 9.17) is 5.73 Å². The Morgan fingerprint density at radius 1 is 1.19 bits per heavy atom. The quantitative estimate of drug-likeness (QED) is 0.770. The lowest BCUT2D eigenvalue weighted by atomic mass is 10.2. The molecule has 0 aliphatic carbocycles. The van der Waals surface area contributed by atoms with Crippen LogP contribution < -0.4 is 11.1 Å². The first kappa shape index (κ1) is 10.5. The van der Waals surface area contributed by atoms with Crippen molar-refractivity contribution in [2.24, 2.45) is 0 Å². The van der Waals surface area contributed by atoms with Gasteiger partial charge in [-0.05, 0) is 42.3 Å². The largest absolute Gasteiger partial charge is 0.399 e. The number of rotatable bonds is 3. The molecule has 2 rings (SSSR count). The van der Waals surface area contributed by atoms with Crippen LogP contribution in [0.15, 0.2) is 42.6 Å². The third kappa shape index (κ3) is 2.73. The minimum Gasteiger partial charge on any atom is -0.399 e. The predicted molar refractivity (Wildman–Crippen MR) is 67.2 cm³/mol. The molecule has 3 N–H and O–H groups in total. The van der Waals surface area contributed by atoms with Crippen LogP contribution in [0, 0.1) is 6.92 Å². The van der Waals surface area contributed by atoms with E-state index in [1.54, 1.807) is 6.20 Å². The van der Waals surface area contributed by atoms with Gasteiger partial charge in [0.2, 0.25) is 0 Å². The second kappa shape index (κ2) is 4.66. The molecule has 3 nitrogen and oxygen atoms in total. The summed E-state index contributed by atoms with van der Waals surface area (Å²) in [6.45, 7) is 2.81. The molecule has 1 heterocycles. The smallest absolute Gasteiger partial charge is 0.126 e. The third-order valence-electron chi connectivity index (χ3n) is 2.37. The highest BCUT2D eigenvalue weighted by atomic mass is 15.0. The Hall–Kier alpha value is -2.03. The van der Waals surface area contributed by atoms with Gasteiger partial charge in [0, 0.05) is 18.4 Å². The molecule has 1 aromatic heterocycles. The van der Waals surface area contributed by atoms with E-state index in [2.05, 4.69) is 17.2 Å². The average molecular weight is 213 g/mol. The molecule has 1 aromatic carbocycles. The molecular weight excluding hydrogens is 198 g/mol. The van der Waals surface area contributed by atoms with E-state index in [-0.39, 0.29) is 0 Å². The topological polar surface area (TPSA) is 50.9 Å². The number of hydrogen-bond acceptors (Lipinski definition) is 3. The van der Waals surface area contributed by atoms with Crippen LogP contribution in [0.25, 0.3) is 0 Å². The van der Waals surface area contributed by atoms with E-state index in [9.17, 15) is 0 Å². The Balaban J connectivity index is 1.99. The first-order valence-corrected chi connectivity index (χ1v) is 5.25. The summed E-state index contributed by atoms with van der Waals surface area (Å²) < 4.78 is 0. The summed E-state index contributed by atoms with van der Waals surface area (Å²) in [5.74, 6) is 0.900. The lowest BCUT2D eigenvalue weighted by Gasteiger charge is -2.06. The van der Waals surface area contributed by atoms with Gasteiger partial charge in [0.15, 0.2) is 0 Å². The minimum atomic E-state index is 0.761. The highest BCUT2D eigenvalue weighted by Gasteiger charge is 1.95. The fraction of sp³-hybridized carbons (Fsp3) is 0.154. The molecule has 0 aliphatic heterocycles. The Morgan fingerprint density at radius 3 is 2.62 bits per heavy atom. The van der Waals surface area contributed by atoms with Crippen LogP contribution >= 0.6 is 0 Å². The molecule has 82 valence electrons. The van der Waals surface area contributed by atoms with E-state index in [0.717, 1.165) is 18.1 Å². The normalized spacial score (nSPS) is 10.1. The average Bonchev–Trinajstić information content (AvgIpc) is 2.28. The third-order valence-corrected chi connectivity index (χ3v) is 2.37. The molecule has 2 aromatic rings. The fourth-order valence-corrected chi connectivity index (χ4v) is 1.46. The lowest BCUT2D eigenvalue weighted by molar-refractivity contribution is 1.11. The number of nitrogen functional groups attached to an aromatic ring is 1. The number of hydrogen-bond donors (Lipinski definition) is 2. The summed E-state index contributed by atoms with van der Waals surface area (Å²) in [4.78, 5) is 4.24. The van der Waals surface area contributed by atoms with E-state index >= 15 is 0 Å². The van der Waals surface area contributed by atoms with Gasteiger partial charge < -0.3 is 11.1 Å². The SMILES string of the molecule is Cc1ccnc(NCc2ccc(N)cc2)c1. The van der Waals surface area contributed by atoms with E-state index in [0.29, 0.717) is 0 Å². The molecule has 3 heteroatoms. The van der Waals surface area contributed by atoms with Crippen LogP contribution in [-0.2, 0) is 6.54 Å². The van der Waals surface area contributed by atoms with Gasteiger partial charge in [-0.1, -0.05) is 12.1 Å². The second-order valence-electron chi connectivity index (χ2n) is 3.81. The number of aromatic nitrogens is 1. The molecule has 0 saturated carbocycles. The molecule has 0 aliphatic rings. The van der Waals surface area contributed by atoms with Gasteiger partial charge >= 0.3 is 0 Å². The van der Waals surface area contributed by atoms with Crippen molar-refractivity contribution >= 4 is 11.5 Å². The maximum Gasteiger partial charge on any atom is 0.126 e. The Morgan fingerprint density at radius 2 is 1.94 bits per heavy atom. The zero-order valence-corrected chi connectivity index (χ0v) is 9.27. The molecule has 0 spiro atoms. The summed E-state index contributed by atoms with van der Waals surface area (Å²) in [5, 5.41) is 3.27. The van der Waals surface area contributed by atoms with Crippen molar-refractivity contribution in [2.45, 2.75) is 13.5 Å². The first-order valence-electron chi connectivity index (χ1n) is 5.25. The molecule has 0 bridgehead atoms. The Bertz CT molecular complexity index is 463. The maximum atomic E-state index is 5.62. The number of aryl methyl sites for hydroxylation is 1. The minimum absolute atomic E-state index is 0.761. The molecule has 0 radical (unpaired) electrons. The van der Waals surface area contributed by atoms with Gasteiger partial charge in [-0.25, -0.2) is 4.98 Å². The van der Waals surface area contributed by atoms with Crippen molar-refractivity contribution in [1.29, 1.82) is 0 Å². The van der Waals surface area contributed by atoms with E-state index in [1.165, 1.54) is 11.1 Å². The van der Waals surface area contributed by atoms with Gasteiger partial charge in [0.25, 0.3) is 0 Å². The van der Waals surface area contributed by atoms with Crippen LogP contribution in [0.3, 0.4) is 0 Å². The fourth-order valence-electron chi connectivity index (χ4n) is 1.46. The van der Waals surface area contributed by atoms with Gasteiger partial charge in [-0.2, -0.15) is 0 Å². The zero-order valence-electron chi connectivity index (χ0n) is 9.27. The number of nitrogens with one attached hydrogen (secondary N) is 1. The van der Waals surface area contributed by atoms with Crippen molar-refractivity contribution in [3.05, 3.63) is 53.7 Å². The standard InChI is InChI=1S/C13H15N3/c1-10-6-7-15-13(8-10)16-9-11-2-4-12(14)5-3-11/h2-8H,9,14H2,1H3,(H,15,16). The maximum absolute atomic E-state index is 5.62. The molecular formula is C13H15N3. The van der Waals surface area contributed by atoms with Crippen molar-refractivity contribution in [2.75, 3.05) is 11.1 Å². The first-order chi connectivity index (χ1) is 7.74. The van der Waals surface area contributed by atoms with Crippen LogP contribution in [-0.4, -0.2) is 4.98 Å². The Kier molecular flexibility index (Phi) is 3.05. The molecule has 16 heavy (non-hydrogen) atoms. The van der Waals surface area contributed by atoms with Crippen LogP contribution in [0.1, 0.15) is 11.1 Å². The van der Waals surface area contributed by atoms with E-state index < -0.39 is 0 Å². The van der Waals surface area contributed by atoms with Crippen LogP contribution in [0.5, 0.6) is 0 Å². The van der Waals surface area contributed by atoms with Crippen molar-refractivity contribution in [3.8, 4) is 0 Å². The number of nitrogens with two attached hydrogens (primary N) is 1. The van der Waals surface area contributed by atoms with Crippen LogP contribution in [0.2, 0.25) is 0 Å².